The Labute approximate surface area is 146 Å². The highest BCUT2D eigenvalue weighted by atomic mass is 19.1. The van der Waals surface area contributed by atoms with Crippen LogP contribution in [-0.4, -0.2) is 36.5 Å². The van der Waals surface area contributed by atoms with Crippen molar-refractivity contribution in [3.63, 3.8) is 0 Å². The molecule has 2 heterocycles. The van der Waals surface area contributed by atoms with Gasteiger partial charge in [0.05, 0.1) is 24.8 Å². The van der Waals surface area contributed by atoms with Gasteiger partial charge in [-0.2, -0.15) is 0 Å². The number of carbonyl (C=O) groups is 1. The Morgan fingerprint density at radius 3 is 2.72 bits per heavy atom. The van der Waals surface area contributed by atoms with E-state index in [9.17, 15) is 9.18 Å². The second kappa shape index (κ2) is 6.90. The largest absolute Gasteiger partial charge is 0.378 e. The summed E-state index contributed by atoms with van der Waals surface area (Å²) in [6.07, 6.45) is 3.57. The minimum absolute atomic E-state index is 0.106. The second-order valence-electron chi connectivity index (χ2n) is 6.67. The highest BCUT2D eigenvalue weighted by Gasteiger charge is 2.34. The lowest BCUT2D eigenvalue weighted by Crippen LogP contribution is -2.53. The van der Waals surface area contributed by atoms with Gasteiger partial charge in [0.25, 0.3) is 0 Å². The van der Waals surface area contributed by atoms with Gasteiger partial charge in [0.2, 0.25) is 0 Å². The summed E-state index contributed by atoms with van der Waals surface area (Å²) in [6, 6.07) is 15.8. The number of fused-ring (bicyclic) bond motifs is 2. The van der Waals surface area contributed by atoms with E-state index in [1.165, 1.54) is 11.6 Å². The number of benzene rings is 2. The van der Waals surface area contributed by atoms with E-state index in [1.807, 2.05) is 12.1 Å². The lowest BCUT2D eigenvalue weighted by Gasteiger charge is -2.44. The van der Waals surface area contributed by atoms with Crippen LogP contribution in [0.25, 0.3) is 5.57 Å². The molecule has 0 saturated carbocycles. The molecule has 2 aliphatic rings. The van der Waals surface area contributed by atoms with E-state index in [-0.39, 0.29) is 17.6 Å². The number of ether oxygens (including phenoxy) is 1. The first kappa shape index (κ1) is 16.2. The molecule has 0 radical (unpaired) electrons. The van der Waals surface area contributed by atoms with Gasteiger partial charge in [0.1, 0.15) is 5.82 Å². The molecule has 2 bridgehead atoms. The average Bonchev–Trinajstić information content (AvgIpc) is 2.62. The highest BCUT2D eigenvalue weighted by molar-refractivity contribution is 5.77. The molecule has 0 spiro atoms. The van der Waals surface area contributed by atoms with Gasteiger partial charge in [0.15, 0.2) is 6.29 Å². The minimum atomic E-state index is -0.457. The summed E-state index contributed by atoms with van der Waals surface area (Å²) in [4.78, 5) is 13.3. The van der Waals surface area contributed by atoms with Gasteiger partial charge < -0.3 is 4.74 Å². The fourth-order valence-electron chi connectivity index (χ4n) is 3.74. The van der Waals surface area contributed by atoms with Crippen LogP contribution in [0.1, 0.15) is 27.9 Å². The zero-order valence-electron chi connectivity index (χ0n) is 13.9. The molecule has 1 fully saturated rings. The number of morpholine rings is 1. The smallest absolute Gasteiger partial charge is 0.152 e. The highest BCUT2D eigenvalue weighted by Crippen LogP contribution is 2.33. The molecule has 2 atom stereocenters. The third-order valence-corrected chi connectivity index (χ3v) is 5.05. The monoisotopic (exact) mass is 337 g/mol. The Hall–Kier alpha value is -2.30. The number of halogens is 1. The van der Waals surface area contributed by atoms with Crippen molar-refractivity contribution in [3.05, 3.63) is 77.1 Å². The zero-order chi connectivity index (χ0) is 17.2. The molecule has 2 unspecified atom stereocenters. The summed E-state index contributed by atoms with van der Waals surface area (Å²) in [5.41, 5.74) is 3.39. The van der Waals surface area contributed by atoms with E-state index in [0.717, 1.165) is 24.1 Å². The predicted octanol–water partition coefficient (Wildman–Crippen LogP) is 3.69. The van der Waals surface area contributed by atoms with Crippen molar-refractivity contribution in [1.82, 2.24) is 4.90 Å². The number of aldehydes is 1. The SMILES string of the molecule is O=Cc1ccc(C2=CC3COCC(C2)N3Cc2ccccc2)cc1F. The van der Waals surface area contributed by atoms with E-state index in [1.54, 1.807) is 6.07 Å². The van der Waals surface area contributed by atoms with Crippen LogP contribution >= 0.6 is 0 Å². The molecule has 2 aromatic rings. The van der Waals surface area contributed by atoms with Crippen molar-refractivity contribution in [1.29, 1.82) is 0 Å². The summed E-state index contributed by atoms with van der Waals surface area (Å²) < 4.78 is 19.7. The quantitative estimate of drug-likeness (QED) is 0.797. The average molecular weight is 337 g/mol. The third-order valence-electron chi connectivity index (χ3n) is 5.05. The molecule has 128 valence electrons. The summed E-state index contributed by atoms with van der Waals surface area (Å²) in [5, 5.41) is 0. The number of rotatable bonds is 4. The van der Waals surface area contributed by atoms with Crippen LogP contribution in [0.4, 0.5) is 4.39 Å². The standard InChI is InChI=1S/C21H20FNO2/c22-21-10-16(6-7-17(21)12-24)18-8-19-13-25-14-20(9-18)23(19)11-15-4-2-1-3-5-15/h1-8,10,12,19-20H,9,11,13-14H2. The van der Waals surface area contributed by atoms with Crippen LogP contribution in [-0.2, 0) is 11.3 Å². The molecule has 0 aliphatic carbocycles. The van der Waals surface area contributed by atoms with Gasteiger partial charge >= 0.3 is 0 Å². The van der Waals surface area contributed by atoms with Crippen LogP contribution < -0.4 is 0 Å². The topological polar surface area (TPSA) is 29.5 Å². The molecule has 2 aliphatic heterocycles. The summed E-state index contributed by atoms with van der Waals surface area (Å²) in [7, 11) is 0. The van der Waals surface area contributed by atoms with Crippen molar-refractivity contribution in [3.8, 4) is 0 Å². The number of hydrogen-bond donors (Lipinski definition) is 0. The Balaban J connectivity index is 1.60. The lowest BCUT2D eigenvalue weighted by atomic mass is 9.89. The molecule has 25 heavy (non-hydrogen) atoms. The van der Waals surface area contributed by atoms with Gasteiger partial charge in [-0.1, -0.05) is 42.5 Å². The molecule has 3 nitrogen and oxygen atoms in total. The molecule has 4 rings (SSSR count). The fourth-order valence-corrected chi connectivity index (χ4v) is 3.74. The van der Waals surface area contributed by atoms with Crippen molar-refractivity contribution >= 4 is 11.9 Å². The number of hydrogen-bond acceptors (Lipinski definition) is 3. The first-order valence-corrected chi connectivity index (χ1v) is 8.58. The van der Waals surface area contributed by atoms with Crippen LogP contribution in [0.2, 0.25) is 0 Å². The first-order valence-electron chi connectivity index (χ1n) is 8.58. The second-order valence-corrected chi connectivity index (χ2v) is 6.67. The van der Waals surface area contributed by atoms with E-state index >= 15 is 0 Å². The Kier molecular flexibility index (Phi) is 4.47. The summed E-state index contributed by atoms with van der Waals surface area (Å²) in [5.74, 6) is -0.457. The van der Waals surface area contributed by atoms with Crippen molar-refractivity contribution < 1.29 is 13.9 Å². The van der Waals surface area contributed by atoms with Crippen LogP contribution in [0.3, 0.4) is 0 Å². The predicted molar refractivity (Wildman–Crippen MR) is 94.8 cm³/mol. The number of carbonyl (C=O) groups excluding carboxylic acids is 1. The Morgan fingerprint density at radius 1 is 1.16 bits per heavy atom. The van der Waals surface area contributed by atoms with Crippen LogP contribution in [0, 0.1) is 5.82 Å². The minimum Gasteiger partial charge on any atom is -0.378 e. The first-order chi connectivity index (χ1) is 12.2. The van der Waals surface area contributed by atoms with Crippen molar-refractivity contribution in [2.75, 3.05) is 13.2 Å². The van der Waals surface area contributed by atoms with E-state index < -0.39 is 5.82 Å². The van der Waals surface area contributed by atoms with Crippen LogP contribution in [0.15, 0.2) is 54.6 Å². The summed E-state index contributed by atoms with van der Waals surface area (Å²) >= 11 is 0. The molecule has 1 saturated heterocycles. The van der Waals surface area contributed by atoms with Gasteiger partial charge in [-0.3, -0.25) is 9.69 Å². The molecule has 2 aromatic carbocycles. The van der Waals surface area contributed by atoms with Crippen molar-refractivity contribution in [2.24, 2.45) is 0 Å². The van der Waals surface area contributed by atoms with Gasteiger partial charge in [0, 0.05) is 12.6 Å². The van der Waals surface area contributed by atoms with Gasteiger partial charge in [-0.15, -0.1) is 0 Å². The maximum Gasteiger partial charge on any atom is 0.152 e. The Morgan fingerprint density at radius 2 is 2.00 bits per heavy atom. The Bertz CT molecular complexity index is 803. The van der Waals surface area contributed by atoms with Gasteiger partial charge in [-0.25, -0.2) is 4.39 Å². The van der Waals surface area contributed by atoms with E-state index in [2.05, 4.69) is 35.2 Å². The fraction of sp³-hybridized carbons (Fsp3) is 0.286. The van der Waals surface area contributed by atoms with Crippen molar-refractivity contribution in [2.45, 2.75) is 25.0 Å². The summed E-state index contributed by atoms with van der Waals surface area (Å²) in [6.45, 7) is 2.24. The maximum absolute atomic E-state index is 14.0. The third kappa shape index (κ3) is 3.28. The van der Waals surface area contributed by atoms with Gasteiger partial charge in [-0.05, 0) is 35.3 Å². The molecule has 0 amide bonds. The van der Waals surface area contributed by atoms with E-state index in [4.69, 9.17) is 4.74 Å². The lowest BCUT2D eigenvalue weighted by molar-refractivity contribution is -0.0402. The maximum atomic E-state index is 14.0. The molecule has 0 aromatic heterocycles. The van der Waals surface area contributed by atoms with E-state index in [0.29, 0.717) is 19.5 Å². The molecule has 0 N–H and O–H groups in total. The van der Waals surface area contributed by atoms with Crippen LogP contribution in [0.5, 0.6) is 0 Å². The zero-order valence-corrected chi connectivity index (χ0v) is 13.9. The molecule has 4 heteroatoms. The molecular weight excluding hydrogens is 317 g/mol. The normalized spacial score (nSPS) is 23.2. The molecular formula is C21H20FNO2. The number of nitrogens with zero attached hydrogens (tertiary/aromatic N) is 1.